The molecule has 0 fully saturated rings. The largest absolute Gasteiger partial charge is 0.0613 e. The minimum Gasteiger partial charge on any atom is -0.0613 e. The van der Waals surface area contributed by atoms with Crippen molar-refractivity contribution in [3.8, 4) is 0 Å². The summed E-state index contributed by atoms with van der Waals surface area (Å²) < 4.78 is 2.25. The normalized spacial score (nSPS) is 12.2. The van der Waals surface area contributed by atoms with Crippen LogP contribution in [0.4, 0.5) is 0 Å². The van der Waals surface area contributed by atoms with Crippen LogP contribution in [0.1, 0.15) is 37.8 Å². The molecule has 0 saturated heterocycles. The molecule has 2 aromatic rings. The number of rotatable bonds is 4. The zero-order valence-corrected chi connectivity index (χ0v) is 15.0. The molecule has 0 unspecified atom stereocenters. The van der Waals surface area contributed by atoms with E-state index < -0.39 is 0 Å². The Hall–Kier alpha value is -0.860. The first-order valence-electron chi connectivity index (χ1n) is 6.89. The van der Waals surface area contributed by atoms with Crippen molar-refractivity contribution in [2.24, 2.45) is 0 Å². The molecule has 0 N–H and O–H groups in total. The second kappa shape index (κ2) is 7.24. The summed E-state index contributed by atoms with van der Waals surface area (Å²) in [6.45, 7) is 4.46. The van der Waals surface area contributed by atoms with Crippen LogP contribution in [-0.2, 0) is 0 Å². The predicted molar refractivity (Wildman–Crippen MR) is 95.7 cm³/mol. The lowest BCUT2D eigenvalue weighted by molar-refractivity contribution is 1.18. The highest BCUT2D eigenvalue weighted by atomic mass is 79.9. The van der Waals surface area contributed by atoms with Gasteiger partial charge in [0.15, 0.2) is 0 Å². The number of allylic oxidation sites excluding steroid dienone is 2. The van der Waals surface area contributed by atoms with Crippen LogP contribution in [0.3, 0.4) is 0 Å². The minimum atomic E-state index is 1.04. The van der Waals surface area contributed by atoms with E-state index in [0.29, 0.717) is 0 Å². The standard InChI is InChI=1S/C18H18Br2/c1-3-17(13-5-9-15(19)10-6-13)18(4-2)14-7-11-16(20)12-8-14/h5-12H,3-4H2,1-2H3. The average molecular weight is 394 g/mol. The topological polar surface area (TPSA) is 0 Å². The Morgan fingerprint density at radius 1 is 0.650 bits per heavy atom. The van der Waals surface area contributed by atoms with E-state index in [2.05, 4.69) is 94.2 Å². The van der Waals surface area contributed by atoms with Gasteiger partial charge in [-0.3, -0.25) is 0 Å². The van der Waals surface area contributed by atoms with Crippen LogP contribution in [0.2, 0.25) is 0 Å². The van der Waals surface area contributed by atoms with Crippen LogP contribution in [0.25, 0.3) is 11.1 Å². The maximum Gasteiger partial charge on any atom is 0.0175 e. The van der Waals surface area contributed by atoms with E-state index in [9.17, 15) is 0 Å². The highest BCUT2D eigenvalue weighted by Gasteiger charge is 2.08. The summed E-state index contributed by atoms with van der Waals surface area (Å²) in [5.41, 5.74) is 5.50. The quantitative estimate of drug-likeness (QED) is 0.493. The van der Waals surface area contributed by atoms with Gasteiger partial charge in [-0.1, -0.05) is 70.0 Å². The summed E-state index contributed by atoms with van der Waals surface area (Å²) in [6.07, 6.45) is 2.09. The molecule has 0 aliphatic rings. The second-order valence-corrected chi connectivity index (χ2v) is 6.51. The van der Waals surface area contributed by atoms with E-state index in [1.165, 1.54) is 22.3 Å². The van der Waals surface area contributed by atoms with Crippen molar-refractivity contribution in [2.75, 3.05) is 0 Å². The van der Waals surface area contributed by atoms with Crippen molar-refractivity contribution < 1.29 is 0 Å². The molecule has 0 aliphatic heterocycles. The van der Waals surface area contributed by atoms with Gasteiger partial charge in [0.1, 0.15) is 0 Å². The monoisotopic (exact) mass is 392 g/mol. The SMILES string of the molecule is CCC(=C(CC)c1ccc(Br)cc1)c1ccc(Br)cc1. The first-order valence-corrected chi connectivity index (χ1v) is 8.48. The Kier molecular flexibility index (Phi) is 5.62. The molecule has 0 atom stereocenters. The van der Waals surface area contributed by atoms with Crippen molar-refractivity contribution in [3.05, 3.63) is 68.6 Å². The summed E-state index contributed by atoms with van der Waals surface area (Å²) in [6, 6.07) is 17.2. The van der Waals surface area contributed by atoms with Gasteiger partial charge in [0.25, 0.3) is 0 Å². The molecule has 2 aromatic carbocycles. The van der Waals surface area contributed by atoms with Gasteiger partial charge >= 0.3 is 0 Å². The smallest absolute Gasteiger partial charge is 0.0175 e. The lowest BCUT2D eigenvalue weighted by Crippen LogP contribution is -1.91. The maximum absolute atomic E-state index is 3.50. The summed E-state index contributed by atoms with van der Waals surface area (Å²) in [5.74, 6) is 0. The minimum absolute atomic E-state index is 1.04. The molecule has 0 radical (unpaired) electrons. The Balaban J connectivity index is 2.52. The summed E-state index contributed by atoms with van der Waals surface area (Å²) >= 11 is 7.00. The van der Waals surface area contributed by atoms with E-state index >= 15 is 0 Å². The van der Waals surface area contributed by atoms with E-state index in [1.54, 1.807) is 0 Å². The second-order valence-electron chi connectivity index (χ2n) is 4.68. The van der Waals surface area contributed by atoms with Crippen molar-refractivity contribution in [2.45, 2.75) is 26.7 Å². The van der Waals surface area contributed by atoms with Gasteiger partial charge in [-0.15, -0.1) is 0 Å². The van der Waals surface area contributed by atoms with Gasteiger partial charge < -0.3 is 0 Å². The van der Waals surface area contributed by atoms with Crippen LogP contribution in [-0.4, -0.2) is 0 Å². The van der Waals surface area contributed by atoms with Crippen LogP contribution >= 0.6 is 31.9 Å². The van der Waals surface area contributed by atoms with Crippen molar-refractivity contribution in [1.29, 1.82) is 0 Å². The molecular formula is C18H18Br2. The van der Waals surface area contributed by atoms with Crippen molar-refractivity contribution in [1.82, 2.24) is 0 Å². The Morgan fingerprint density at radius 3 is 1.20 bits per heavy atom. The third kappa shape index (κ3) is 3.62. The Labute approximate surface area is 138 Å². The Morgan fingerprint density at radius 2 is 0.950 bits per heavy atom. The van der Waals surface area contributed by atoms with Gasteiger partial charge in [-0.25, -0.2) is 0 Å². The van der Waals surface area contributed by atoms with Crippen LogP contribution in [0.15, 0.2) is 57.5 Å². The van der Waals surface area contributed by atoms with E-state index in [4.69, 9.17) is 0 Å². The molecule has 0 saturated carbocycles. The molecule has 0 aromatic heterocycles. The van der Waals surface area contributed by atoms with E-state index in [-0.39, 0.29) is 0 Å². The fourth-order valence-corrected chi connectivity index (χ4v) is 3.01. The van der Waals surface area contributed by atoms with Crippen LogP contribution < -0.4 is 0 Å². The molecule has 2 rings (SSSR count). The first-order chi connectivity index (χ1) is 9.65. The molecule has 20 heavy (non-hydrogen) atoms. The number of hydrogen-bond acceptors (Lipinski definition) is 0. The maximum atomic E-state index is 3.50. The molecule has 0 heterocycles. The fraction of sp³-hybridized carbons (Fsp3) is 0.222. The van der Waals surface area contributed by atoms with Crippen LogP contribution in [0, 0.1) is 0 Å². The predicted octanol–water partition coefficient (Wildman–Crippen LogP) is 6.94. The zero-order chi connectivity index (χ0) is 14.5. The fourth-order valence-electron chi connectivity index (χ4n) is 2.49. The van der Waals surface area contributed by atoms with Gasteiger partial charge in [0.2, 0.25) is 0 Å². The summed E-state index contributed by atoms with van der Waals surface area (Å²) in [7, 11) is 0. The molecule has 0 bridgehead atoms. The van der Waals surface area contributed by atoms with E-state index in [1.807, 2.05) is 0 Å². The Bertz CT molecular complexity index is 537. The van der Waals surface area contributed by atoms with Gasteiger partial charge in [0.05, 0.1) is 0 Å². The van der Waals surface area contributed by atoms with Crippen LogP contribution in [0.5, 0.6) is 0 Å². The molecule has 0 aliphatic carbocycles. The third-order valence-electron chi connectivity index (χ3n) is 3.46. The van der Waals surface area contributed by atoms with Crippen molar-refractivity contribution in [3.63, 3.8) is 0 Å². The average Bonchev–Trinajstić information content (AvgIpc) is 2.47. The lowest BCUT2D eigenvalue weighted by Gasteiger charge is -2.14. The molecular weight excluding hydrogens is 376 g/mol. The van der Waals surface area contributed by atoms with Gasteiger partial charge in [-0.05, 0) is 59.4 Å². The molecule has 2 heteroatoms. The number of halogens is 2. The molecule has 0 spiro atoms. The van der Waals surface area contributed by atoms with E-state index in [0.717, 1.165) is 21.8 Å². The molecule has 104 valence electrons. The summed E-state index contributed by atoms with van der Waals surface area (Å²) in [5, 5.41) is 0. The molecule has 0 nitrogen and oxygen atoms in total. The lowest BCUT2D eigenvalue weighted by atomic mass is 9.91. The highest BCUT2D eigenvalue weighted by Crippen LogP contribution is 2.32. The summed E-state index contributed by atoms with van der Waals surface area (Å²) in [4.78, 5) is 0. The first kappa shape index (κ1) is 15.5. The third-order valence-corrected chi connectivity index (χ3v) is 4.51. The number of hydrogen-bond donors (Lipinski definition) is 0. The zero-order valence-electron chi connectivity index (χ0n) is 11.8. The molecule has 0 amide bonds. The highest BCUT2D eigenvalue weighted by molar-refractivity contribution is 9.10. The van der Waals surface area contributed by atoms with Gasteiger partial charge in [0, 0.05) is 8.95 Å². The van der Waals surface area contributed by atoms with Gasteiger partial charge in [-0.2, -0.15) is 0 Å². The number of benzene rings is 2. The van der Waals surface area contributed by atoms with Crippen molar-refractivity contribution >= 4 is 43.0 Å².